The smallest absolute Gasteiger partial charge is 0.255 e. The summed E-state index contributed by atoms with van der Waals surface area (Å²) in [6.07, 6.45) is 2.52. The van der Waals surface area contributed by atoms with Crippen LogP contribution in [0, 0.1) is 0 Å². The summed E-state index contributed by atoms with van der Waals surface area (Å²) in [4.78, 5) is 20.6. The van der Waals surface area contributed by atoms with Crippen LogP contribution in [-0.2, 0) is 4.74 Å². The zero-order chi connectivity index (χ0) is 14.4. The molecule has 0 atom stereocenters. The van der Waals surface area contributed by atoms with E-state index in [1.54, 1.807) is 19.2 Å². The zero-order valence-electron chi connectivity index (χ0n) is 11.7. The van der Waals surface area contributed by atoms with Crippen molar-refractivity contribution in [3.8, 4) is 0 Å². The molecule has 2 heterocycles. The third-order valence-corrected chi connectivity index (χ3v) is 3.69. The number of ether oxygens (including phenoxy) is 1. The number of nitrogens with zero attached hydrogens (tertiary/aromatic N) is 3. The van der Waals surface area contributed by atoms with E-state index >= 15 is 0 Å². The van der Waals surface area contributed by atoms with Crippen molar-refractivity contribution in [1.29, 1.82) is 0 Å². The first-order chi connectivity index (χ1) is 9.70. The highest BCUT2D eigenvalue weighted by molar-refractivity contribution is 6.29. The van der Waals surface area contributed by atoms with Gasteiger partial charge in [-0.15, -0.1) is 0 Å². The maximum absolute atomic E-state index is 12.4. The van der Waals surface area contributed by atoms with E-state index in [2.05, 4.69) is 9.88 Å². The molecule has 1 fully saturated rings. The Morgan fingerprint density at radius 2 is 2.20 bits per heavy atom. The largest absolute Gasteiger partial charge is 0.383 e. The molecule has 2 rings (SSSR count). The van der Waals surface area contributed by atoms with E-state index in [0.29, 0.717) is 10.7 Å². The zero-order valence-corrected chi connectivity index (χ0v) is 12.5. The van der Waals surface area contributed by atoms with Gasteiger partial charge in [0.1, 0.15) is 5.15 Å². The van der Waals surface area contributed by atoms with E-state index < -0.39 is 0 Å². The molecule has 1 amide bonds. The molecule has 0 unspecified atom stereocenters. The summed E-state index contributed by atoms with van der Waals surface area (Å²) in [6, 6.07) is 3.38. The van der Waals surface area contributed by atoms with Crippen molar-refractivity contribution in [1.82, 2.24) is 14.8 Å². The van der Waals surface area contributed by atoms with Gasteiger partial charge in [-0.2, -0.15) is 0 Å². The van der Waals surface area contributed by atoms with Gasteiger partial charge in [0.15, 0.2) is 0 Å². The van der Waals surface area contributed by atoms with E-state index in [1.165, 1.54) is 6.20 Å². The molecule has 0 aliphatic carbocycles. The Kier molecular flexibility index (Phi) is 5.76. The maximum atomic E-state index is 12.4. The lowest BCUT2D eigenvalue weighted by Gasteiger charge is -2.21. The van der Waals surface area contributed by atoms with Gasteiger partial charge in [0, 0.05) is 39.5 Å². The Labute approximate surface area is 124 Å². The Bertz CT molecular complexity index is 439. The number of methoxy groups -OCH3 is 1. The molecule has 5 nitrogen and oxygen atoms in total. The van der Waals surface area contributed by atoms with Crippen molar-refractivity contribution in [3.05, 3.63) is 29.0 Å². The number of hydrogen-bond donors (Lipinski definition) is 0. The van der Waals surface area contributed by atoms with Gasteiger partial charge in [-0.05, 0) is 25.1 Å². The molecule has 1 aromatic heterocycles. The monoisotopic (exact) mass is 297 g/mol. The molecular weight excluding hydrogens is 278 g/mol. The summed E-state index contributed by atoms with van der Waals surface area (Å²) in [6.45, 7) is 5.06. The van der Waals surface area contributed by atoms with Crippen LogP contribution in [-0.4, -0.2) is 67.1 Å². The van der Waals surface area contributed by atoms with E-state index in [9.17, 15) is 4.79 Å². The quantitative estimate of drug-likeness (QED) is 0.791. The third-order valence-electron chi connectivity index (χ3n) is 3.46. The van der Waals surface area contributed by atoms with Crippen LogP contribution in [0.3, 0.4) is 0 Å². The number of halogens is 1. The predicted molar refractivity (Wildman–Crippen MR) is 78.1 cm³/mol. The number of rotatable bonds is 4. The fourth-order valence-electron chi connectivity index (χ4n) is 2.30. The second kappa shape index (κ2) is 7.57. The van der Waals surface area contributed by atoms with Crippen molar-refractivity contribution in [2.75, 3.05) is 46.4 Å². The fourth-order valence-corrected chi connectivity index (χ4v) is 2.41. The molecule has 0 aromatic carbocycles. The van der Waals surface area contributed by atoms with Crippen LogP contribution in [0.5, 0.6) is 0 Å². The first-order valence-corrected chi connectivity index (χ1v) is 7.20. The van der Waals surface area contributed by atoms with Gasteiger partial charge < -0.3 is 9.64 Å². The van der Waals surface area contributed by atoms with Crippen LogP contribution in [0.2, 0.25) is 5.15 Å². The molecule has 1 aliphatic heterocycles. The number of amides is 1. The molecule has 110 valence electrons. The average molecular weight is 298 g/mol. The number of carbonyl (C=O) groups is 1. The van der Waals surface area contributed by atoms with Gasteiger partial charge in [0.05, 0.1) is 12.2 Å². The first-order valence-electron chi connectivity index (χ1n) is 6.83. The predicted octanol–water partition coefficient (Wildman–Crippen LogP) is 1.53. The van der Waals surface area contributed by atoms with Gasteiger partial charge in [-0.1, -0.05) is 11.6 Å². The molecule has 6 heteroatoms. The summed E-state index contributed by atoms with van der Waals surface area (Å²) >= 11 is 5.74. The van der Waals surface area contributed by atoms with Gasteiger partial charge in [0.2, 0.25) is 0 Å². The van der Waals surface area contributed by atoms with Gasteiger partial charge in [-0.3, -0.25) is 9.69 Å². The summed E-state index contributed by atoms with van der Waals surface area (Å²) in [7, 11) is 1.71. The standard InChI is InChI=1S/C14H20ClN3O2/c1-20-10-9-17-5-2-6-18(8-7-17)14(19)12-3-4-13(15)16-11-12/h3-4,11H,2,5-10H2,1H3. The van der Waals surface area contributed by atoms with Crippen LogP contribution in [0.15, 0.2) is 18.3 Å². The molecular formula is C14H20ClN3O2. The van der Waals surface area contributed by atoms with Crippen LogP contribution in [0.4, 0.5) is 0 Å². The molecule has 0 saturated carbocycles. The minimum atomic E-state index is 0.0303. The Morgan fingerprint density at radius 1 is 1.35 bits per heavy atom. The highest BCUT2D eigenvalue weighted by Crippen LogP contribution is 2.11. The third kappa shape index (κ3) is 4.16. The second-order valence-electron chi connectivity index (χ2n) is 4.85. The molecule has 0 bridgehead atoms. The van der Waals surface area contributed by atoms with Gasteiger partial charge in [-0.25, -0.2) is 4.98 Å². The second-order valence-corrected chi connectivity index (χ2v) is 5.24. The Hall–Kier alpha value is -1.17. The molecule has 20 heavy (non-hydrogen) atoms. The van der Waals surface area contributed by atoms with E-state index in [0.717, 1.165) is 45.8 Å². The lowest BCUT2D eigenvalue weighted by Crippen LogP contribution is -2.36. The lowest BCUT2D eigenvalue weighted by atomic mass is 10.2. The minimum Gasteiger partial charge on any atom is -0.383 e. The van der Waals surface area contributed by atoms with E-state index in [-0.39, 0.29) is 5.91 Å². The SMILES string of the molecule is COCCN1CCCN(C(=O)c2ccc(Cl)nc2)CC1. The molecule has 1 saturated heterocycles. The molecule has 0 radical (unpaired) electrons. The summed E-state index contributed by atoms with van der Waals surface area (Å²) in [5.74, 6) is 0.0303. The van der Waals surface area contributed by atoms with Crippen LogP contribution in [0.1, 0.15) is 16.8 Å². The van der Waals surface area contributed by atoms with E-state index in [4.69, 9.17) is 16.3 Å². The van der Waals surface area contributed by atoms with Crippen molar-refractivity contribution >= 4 is 17.5 Å². The summed E-state index contributed by atoms with van der Waals surface area (Å²) < 4.78 is 5.10. The van der Waals surface area contributed by atoms with Crippen molar-refractivity contribution in [2.45, 2.75) is 6.42 Å². The van der Waals surface area contributed by atoms with Crippen molar-refractivity contribution in [3.63, 3.8) is 0 Å². The normalized spacial score (nSPS) is 17.0. The highest BCUT2D eigenvalue weighted by atomic mass is 35.5. The number of hydrogen-bond acceptors (Lipinski definition) is 4. The first kappa shape index (κ1) is 15.2. The van der Waals surface area contributed by atoms with Crippen LogP contribution < -0.4 is 0 Å². The topological polar surface area (TPSA) is 45.7 Å². The molecule has 1 aliphatic rings. The minimum absolute atomic E-state index is 0.0303. The van der Waals surface area contributed by atoms with Crippen molar-refractivity contribution in [2.24, 2.45) is 0 Å². The summed E-state index contributed by atoms with van der Waals surface area (Å²) in [5, 5.41) is 0.406. The van der Waals surface area contributed by atoms with Crippen LogP contribution >= 0.6 is 11.6 Å². The molecule has 1 aromatic rings. The number of aromatic nitrogens is 1. The van der Waals surface area contributed by atoms with Crippen molar-refractivity contribution < 1.29 is 9.53 Å². The van der Waals surface area contributed by atoms with Gasteiger partial charge in [0.25, 0.3) is 5.91 Å². The Balaban J connectivity index is 1.92. The average Bonchev–Trinajstić information content (AvgIpc) is 2.70. The lowest BCUT2D eigenvalue weighted by molar-refractivity contribution is 0.0758. The number of carbonyl (C=O) groups excluding carboxylic acids is 1. The highest BCUT2D eigenvalue weighted by Gasteiger charge is 2.20. The maximum Gasteiger partial charge on any atom is 0.255 e. The molecule has 0 spiro atoms. The fraction of sp³-hybridized carbons (Fsp3) is 0.571. The van der Waals surface area contributed by atoms with Crippen LogP contribution in [0.25, 0.3) is 0 Å². The Morgan fingerprint density at radius 3 is 2.90 bits per heavy atom. The molecule has 0 N–H and O–H groups in total. The van der Waals surface area contributed by atoms with E-state index in [1.807, 2.05) is 4.90 Å². The summed E-state index contributed by atoms with van der Waals surface area (Å²) in [5.41, 5.74) is 0.597. The van der Waals surface area contributed by atoms with Gasteiger partial charge >= 0.3 is 0 Å². The number of pyridine rings is 1.